The van der Waals surface area contributed by atoms with E-state index in [9.17, 15) is 4.79 Å². The summed E-state index contributed by atoms with van der Waals surface area (Å²) in [7, 11) is 0. The van der Waals surface area contributed by atoms with Crippen molar-refractivity contribution in [1.29, 1.82) is 0 Å². The molecular formula is C10H12N2O2. The molecule has 14 heavy (non-hydrogen) atoms. The number of hydrogen-bond donors (Lipinski definition) is 0. The Kier molecular flexibility index (Phi) is 2.62. The number of rotatable bonds is 4. The van der Waals surface area contributed by atoms with Crippen LogP contribution in [0.1, 0.15) is 16.9 Å². The average Bonchev–Trinajstić information content (AvgIpc) is 2.85. The molecule has 1 aliphatic heterocycles. The summed E-state index contributed by atoms with van der Waals surface area (Å²) < 4.78 is 6.94. The van der Waals surface area contributed by atoms with Crippen molar-refractivity contribution >= 4 is 12.7 Å². The predicted molar refractivity (Wildman–Crippen MR) is 52.7 cm³/mol. The minimum absolute atomic E-state index is 0.247. The molecule has 0 saturated heterocycles. The molecule has 1 aromatic heterocycles. The van der Waals surface area contributed by atoms with E-state index in [0.29, 0.717) is 12.3 Å². The van der Waals surface area contributed by atoms with Gasteiger partial charge in [-0.1, -0.05) is 0 Å². The second-order valence-corrected chi connectivity index (χ2v) is 3.27. The quantitative estimate of drug-likeness (QED) is 0.671. The molecule has 0 fully saturated rings. The van der Waals surface area contributed by atoms with Gasteiger partial charge in [-0.3, -0.25) is 9.79 Å². The molecular weight excluding hydrogens is 180 g/mol. The topological polar surface area (TPSA) is 43.6 Å². The minimum Gasteiger partial charge on any atom is -0.481 e. The number of ether oxygens (including phenoxy) is 1. The van der Waals surface area contributed by atoms with Gasteiger partial charge in [0.2, 0.25) is 0 Å². The highest BCUT2D eigenvalue weighted by molar-refractivity contribution is 5.72. The molecule has 4 nitrogen and oxygen atoms in total. The first-order chi connectivity index (χ1) is 6.90. The molecule has 0 aromatic carbocycles. The molecule has 0 unspecified atom stereocenters. The van der Waals surface area contributed by atoms with Gasteiger partial charge in [0.15, 0.2) is 12.7 Å². The summed E-state index contributed by atoms with van der Waals surface area (Å²) in [5.41, 5.74) is 0.716. The van der Waals surface area contributed by atoms with Crippen LogP contribution in [0.2, 0.25) is 0 Å². The molecule has 1 atom stereocenters. The van der Waals surface area contributed by atoms with E-state index in [1.54, 1.807) is 6.07 Å². The van der Waals surface area contributed by atoms with Gasteiger partial charge in [-0.15, -0.1) is 0 Å². The number of carbonyl (C=O) groups excluding carboxylic acids is 1. The summed E-state index contributed by atoms with van der Waals surface area (Å²) in [5, 5.41) is 0. The first kappa shape index (κ1) is 8.99. The van der Waals surface area contributed by atoms with Crippen LogP contribution in [0, 0.1) is 0 Å². The summed E-state index contributed by atoms with van der Waals surface area (Å²) in [6.07, 6.45) is 5.19. The Bertz CT molecular complexity index is 344. The molecule has 0 radical (unpaired) electrons. The zero-order chi connectivity index (χ0) is 9.80. The van der Waals surface area contributed by atoms with Gasteiger partial charge in [-0.05, 0) is 18.6 Å². The van der Waals surface area contributed by atoms with Crippen LogP contribution in [-0.2, 0) is 11.3 Å². The number of nitrogens with zero attached hydrogens (tertiary/aromatic N) is 2. The second kappa shape index (κ2) is 4.09. The van der Waals surface area contributed by atoms with Crippen LogP contribution in [-0.4, -0.2) is 29.9 Å². The number of aryl methyl sites for hydroxylation is 1. The SMILES string of the molecule is O=Cc1cccn1CC[C@@H]1COC=N1. The van der Waals surface area contributed by atoms with Gasteiger partial charge in [-0.25, -0.2) is 0 Å². The van der Waals surface area contributed by atoms with Crippen molar-refractivity contribution in [2.75, 3.05) is 6.61 Å². The number of aliphatic imine (C=N–C) groups is 1. The maximum Gasteiger partial charge on any atom is 0.169 e. The Morgan fingerprint density at radius 3 is 3.36 bits per heavy atom. The Morgan fingerprint density at radius 2 is 2.64 bits per heavy atom. The maximum absolute atomic E-state index is 10.6. The minimum atomic E-state index is 0.247. The number of aromatic nitrogens is 1. The summed E-state index contributed by atoms with van der Waals surface area (Å²) in [4.78, 5) is 14.8. The van der Waals surface area contributed by atoms with E-state index >= 15 is 0 Å². The van der Waals surface area contributed by atoms with Crippen LogP contribution in [0.5, 0.6) is 0 Å². The molecule has 2 rings (SSSR count). The van der Waals surface area contributed by atoms with Crippen molar-refractivity contribution in [2.45, 2.75) is 19.0 Å². The molecule has 1 aromatic rings. The monoisotopic (exact) mass is 192 g/mol. The molecule has 0 N–H and O–H groups in total. The van der Waals surface area contributed by atoms with Crippen LogP contribution in [0.3, 0.4) is 0 Å². The van der Waals surface area contributed by atoms with Crippen molar-refractivity contribution < 1.29 is 9.53 Å². The molecule has 0 bridgehead atoms. The van der Waals surface area contributed by atoms with Gasteiger partial charge in [0.05, 0.1) is 11.7 Å². The second-order valence-electron chi connectivity index (χ2n) is 3.27. The van der Waals surface area contributed by atoms with E-state index in [0.717, 1.165) is 19.3 Å². The Morgan fingerprint density at radius 1 is 1.71 bits per heavy atom. The zero-order valence-electron chi connectivity index (χ0n) is 7.80. The summed E-state index contributed by atoms with van der Waals surface area (Å²) >= 11 is 0. The first-order valence-corrected chi connectivity index (χ1v) is 4.64. The third-order valence-corrected chi connectivity index (χ3v) is 2.32. The van der Waals surface area contributed by atoms with Gasteiger partial charge in [0.1, 0.15) is 6.61 Å². The van der Waals surface area contributed by atoms with Gasteiger partial charge in [-0.2, -0.15) is 0 Å². The van der Waals surface area contributed by atoms with Crippen LogP contribution >= 0.6 is 0 Å². The molecule has 4 heteroatoms. The van der Waals surface area contributed by atoms with Crippen molar-refractivity contribution in [3.05, 3.63) is 24.0 Å². The van der Waals surface area contributed by atoms with E-state index in [4.69, 9.17) is 4.74 Å². The van der Waals surface area contributed by atoms with Gasteiger partial charge < -0.3 is 9.30 Å². The fourth-order valence-corrected chi connectivity index (χ4v) is 1.51. The maximum atomic E-state index is 10.6. The molecule has 74 valence electrons. The Balaban J connectivity index is 1.90. The van der Waals surface area contributed by atoms with Crippen LogP contribution in [0.25, 0.3) is 0 Å². The molecule has 0 saturated carbocycles. The highest BCUT2D eigenvalue weighted by Gasteiger charge is 2.11. The Hall–Kier alpha value is -1.58. The number of aldehydes is 1. The van der Waals surface area contributed by atoms with E-state index in [2.05, 4.69) is 4.99 Å². The van der Waals surface area contributed by atoms with E-state index in [1.807, 2.05) is 16.8 Å². The average molecular weight is 192 g/mol. The predicted octanol–water partition coefficient (Wildman–Crippen LogP) is 1.12. The summed E-state index contributed by atoms with van der Waals surface area (Å²) in [6.45, 7) is 1.48. The molecule has 0 amide bonds. The van der Waals surface area contributed by atoms with Gasteiger partial charge in [0.25, 0.3) is 0 Å². The van der Waals surface area contributed by atoms with E-state index < -0.39 is 0 Å². The lowest BCUT2D eigenvalue weighted by molar-refractivity contribution is 0.111. The van der Waals surface area contributed by atoms with E-state index in [1.165, 1.54) is 6.40 Å². The van der Waals surface area contributed by atoms with Crippen molar-refractivity contribution in [1.82, 2.24) is 4.57 Å². The fraction of sp³-hybridized carbons (Fsp3) is 0.400. The smallest absolute Gasteiger partial charge is 0.169 e. The van der Waals surface area contributed by atoms with Crippen LogP contribution in [0.4, 0.5) is 0 Å². The summed E-state index contributed by atoms with van der Waals surface area (Å²) in [5.74, 6) is 0. The van der Waals surface area contributed by atoms with Crippen molar-refractivity contribution in [2.24, 2.45) is 4.99 Å². The normalized spacial score (nSPS) is 19.6. The van der Waals surface area contributed by atoms with E-state index in [-0.39, 0.29) is 6.04 Å². The number of carbonyl (C=O) groups is 1. The largest absolute Gasteiger partial charge is 0.481 e. The fourth-order valence-electron chi connectivity index (χ4n) is 1.51. The highest BCUT2D eigenvalue weighted by atomic mass is 16.5. The lowest BCUT2D eigenvalue weighted by Crippen LogP contribution is -2.11. The third-order valence-electron chi connectivity index (χ3n) is 2.32. The van der Waals surface area contributed by atoms with Gasteiger partial charge >= 0.3 is 0 Å². The van der Waals surface area contributed by atoms with Crippen molar-refractivity contribution in [3.8, 4) is 0 Å². The molecule has 2 heterocycles. The third kappa shape index (κ3) is 1.84. The van der Waals surface area contributed by atoms with Crippen molar-refractivity contribution in [3.63, 3.8) is 0 Å². The Labute approximate surface area is 82.2 Å². The lowest BCUT2D eigenvalue weighted by atomic mass is 10.2. The highest BCUT2D eigenvalue weighted by Crippen LogP contribution is 2.08. The standard InChI is InChI=1S/C10H12N2O2/c13-6-10-2-1-4-12(10)5-3-9-7-14-8-11-9/h1-2,4,6,8-9H,3,5,7H2/t9-/m1/s1. The van der Waals surface area contributed by atoms with Gasteiger partial charge in [0, 0.05) is 12.7 Å². The molecule has 1 aliphatic rings. The van der Waals surface area contributed by atoms with Crippen LogP contribution < -0.4 is 0 Å². The lowest BCUT2D eigenvalue weighted by Gasteiger charge is -2.07. The zero-order valence-corrected chi connectivity index (χ0v) is 7.80. The van der Waals surface area contributed by atoms with Crippen LogP contribution in [0.15, 0.2) is 23.3 Å². The molecule has 0 spiro atoms. The summed E-state index contributed by atoms with van der Waals surface area (Å²) in [6, 6.07) is 3.93. The first-order valence-electron chi connectivity index (χ1n) is 4.64. The number of hydrogen-bond acceptors (Lipinski definition) is 3. The molecule has 0 aliphatic carbocycles.